The Hall–Kier alpha value is -1.17. The van der Waals surface area contributed by atoms with Crippen LogP contribution in [0.25, 0.3) is 11.1 Å². The molecule has 0 aliphatic rings. The first-order chi connectivity index (χ1) is 13.7. The summed E-state index contributed by atoms with van der Waals surface area (Å²) in [5.74, 6) is 0. The van der Waals surface area contributed by atoms with Crippen LogP contribution in [0, 0.1) is 0 Å². The Balaban J connectivity index is 0. The number of rotatable bonds is 13. The summed E-state index contributed by atoms with van der Waals surface area (Å²) in [5.41, 5.74) is 4.88. The Morgan fingerprint density at radius 1 is 0.516 bits per heavy atom. The van der Waals surface area contributed by atoms with Crippen LogP contribution in [0.4, 0.5) is 11.4 Å². The van der Waals surface area contributed by atoms with Crippen LogP contribution < -0.4 is 10.6 Å². The zero-order valence-corrected chi connectivity index (χ0v) is 21.8. The third kappa shape index (κ3) is 11.3. The van der Waals surface area contributed by atoms with Crippen LogP contribution in [-0.2, 0) is 0 Å². The lowest BCUT2D eigenvalue weighted by molar-refractivity contribution is 0.316. The average Bonchev–Trinajstić information content (AvgIpc) is 2.75. The van der Waals surface area contributed by atoms with E-state index in [0.29, 0.717) is 0 Å². The van der Waals surface area contributed by atoms with Crippen molar-refractivity contribution in [3.05, 3.63) is 48.5 Å². The summed E-state index contributed by atoms with van der Waals surface area (Å²) < 4.78 is 0. The zero-order valence-electron chi connectivity index (χ0n) is 19.4. The largest absolute Gasteiger partial charge is 0.384 e. The van der Waals surface area contributed by atoms with Crippen molar-refractivity contribution in [2.45, 2.75) is 27.7 Å². The molecule has 0 unspecified atom stereocenters. The predicted molar refractivity (Wildman–Crippen MR) is 146 cm³/mol. The van der Waals surface area contributed by atoms with Gasteiger partial charge in [0.05, 0.1) is 0 Å². The van der Waals surface area contributed by atoms with Gasteiger partial charge >= 0.3 is 0 Å². The molecule has 0 aromatic heterocycles. The van der Waals surface area contributed by atoms with E-state index in [1.54, 1.807) is 0 Å². The maximum absolute atomic E-state index is 3.52. The molecule has 0 saturated carbocycles. The number of hydrogen-bond acceptors (Lipinski definition) is 4. The third-order valence-electron chi connectivity index (χ3n) is 5.41. The van der Waals surface area contributed by atoms with Gasteiger partial charge < -0.3 is 20.4 Å². The Morgan fingerprint density at radius 2 is 0.806 bits per heavy atom. The number of anilines is 2. The third-order valence-corrected chi connectivity index (χ3v) is 5.41. The molecule has 4 nitrogen and oxygen atoms in total. The van der Waals surface area contributed by atoms with Crippen molar-refractivity contribution in [2.75, 3.05) is 63.0 Å². The summed E-state index contributed by atoms with van der Waals surface area (Å²) in [4.78, 5) is 4.86. The zero-order chi connectivity index (χ0) is 20.2. The van der Waals surface area contributed by atoms with Crippen LogP contribution >= 0.6 is 37.2 Å². The fourth-order valence-electron chi connectivity index (χ4n) is 3.36. The summed E-state index contributed by atoms with van der Waals surface area (Å²) in [6, 6.07) is 17.5. The van der Waals surface area contributed by atoms with E-state index in [1.807, 2.05) is 0 Å². The lowest BCUT2D eigenvalue weighted by atomic mass is 10.0. The molecule has 178 valence electrons. The Morgan fingerprint density at radius 3 is 1.06 bits per heavy atom. The van der Waals surface area contributed by atoms with Gasteiger partial charge in [0.25, 0.3) is 0 Å². The van der Waals surface area contributed by atoms with Crippen LogP contribution in [0.2, 0.25) is 0 Å². The monoisotopic (exact) mass is 490 g/mol. The van der Waals surface area contributed by atoms with E-state index in [4.69, 9.17) is 0 Å². The van der Waals surface area contributed by atoms with E-state index in [1.165, 1.54) is 22.5 Å². The normalized spacial score (nSPS) is 10.1. The Labute approximate surface area is 208 Å². The highest BCUT2D eigenvalue weighted by atomic mass is 35.5. The second kappa shape index (κ2) is 18.4. The molecule has 0 saturated heterocycles. The van der Waals surface area contributed by atoms with Gasteiger partial charge in [0.1, 0.15) is 0 Å². The molecular weight excluding hydrogens is 451 g/mol. The summed E-state index contributed by atoms with van der Waals surface area (Å²) in [5, 5.41) is 7.04. The van der Waals surface area contributed by atoms with Gasteiger partial charge in [-0.1, -0.05) is 52.0 Å². The smallest absolute Gasteiger partial charge is 0.0341 e. The number of benzene rings is 2. The van der Waals surface area contributed by atoms with Gasteiger partial charge in [-0.2, -0.15) is 0 Å². The molecule has 0 aliphatic heterocycles. The van der Waals surface area contributed by atoms with Crippen molar-refractivity contribution < 1.29 is 0 Å². The molecule has 2 rings (SSSR count). The summed E-state index contributed by atoms with van der Waals surface area (Å²) in [6.45, 7) is 17.4. The molecule has 0 fully saturated rings. The van der Waals surface area contributed by atoms with E-state index in [2.05, 4.69) is 96.7 Å². The Bertz CT molecular complexity index is 598. The average molecular weight is 492 g/mol. The first kappa shape index (κ1) is 32.0. The molecule has 2 aromatic rings. The van der Waals surface area contributed by atoms with E-state index in [-0.39, 0.29) is 37.2 Å². The van der Waals surface area contributed by atoms with E-state index in [9.17, 15) is 0 Å². The van der Waals surface area contributed by atoms with Crippen molar-refractivity contribution >= 4 is 48.6 Å². The van der Waals surface area contributed by atoms with E-state index < -0.39 is 0 Å². The van der Waals surface area contributed by atoms with Gasteiger partial charge in [-0.25, -0.2) is 0 Å². The molecule has 7 heteroatoms. The molecule has 0 aliphatic carbocycles. The number of likely N-dealkylation sites (N-methyl/N-ethyl adjacent to an activating group) is 2. The van der Waals surface area contributed by atoms with Crippen molar-refractivity contribution in [2.24, 2.45) is 0 Å². The number of nitrogens with zero attached hydrogens (tertiary/aromatic N) is 2. The van der Waals surface area contributed by atoms with Crippen molar-refractivity contribution in [1.82, 2.24) is 9.80 Å². The fraction of sp³-hybridized carbons (Fsp3) is 0.500. The first-order valence-electron chi connectivity index (χ1n) is 10.8. The quantitative estimate of drug-likeness (QED) is 0.353. The molecule has 0 bridgehead atoms. The minimum atomic E-state index is 0. The molecule has 0 spiro atoms. The summed E-state index contributed by atoms with van der Waals surface area (Å²) in [7, 11) is 0. The molecular formula is C24H41Cl3N4. The second-order valence-electron chi connectivity index (χ2n) is 7.06. The van der Waals surface area contributed by atoms with Crippen molar-refractivity contribution in [1.29, 1.82) is 0 Å². The molecule has 2 N–H and O–H groups in total. The number of nitrogens with one attached hydrogen (secondary N) is 2. The minimum absolute atomic E-state index is 0. The fourth-order valence-corrected chi connectivity index (χ4v) is 3.36. The molecule has 2 aromatic carbocycles. The van der Waals surface area contributed by atoms with Crippen LogP contribution in [0.5, 0.6) is 0 Å². The van der Waals surface area contributed by atoms with Crippen LogP contribution in [0.15, 0.2) is 48.5 Å². The van der Waals surface area contributed by atoms with Gasteiger partial charge in [0.2, 0.25) is 0 Å². The second-order valence-corrected chi connectivity index (χ2v) is 7.06. The number of halogens is 3. The first-order valence-corrected chi connectivity index (χ1v) is 10.8. The maximum atomic E-state index is 3.52. The topological polar surface area (TPSA) is 30.5 Å². The SMILES string of the molecule is CCN(CC)CCNc1ccc(-c2ccc(NCCN(CC)CC)cc2)cc1.Cl.Cl.Cl. The van der Waals surface area contributed by atoms with Crippen LogP contribution in [0.3, 0.4) is 0 Å². The molecule has 0 radical (unpaired) electrons. The van der Waals surface area contributed by atoms with Gasteiger partial charge in [-0.15, -0.1) is 37.2 Å². The van der Waals surface area contributed by atoms with Crippen molar-refractivity contribution in [3.63, 3.8) is 0 Å². The van der Waals surface area contributed by atoms with Gasteiger partial charge in [0.15, 0.2) is 0 Å². The van der Waals surface area contributed by atoms with Crippen LogP contribution in [-0.4, -0.2) is 62.2 Å². The molecule has 31 heavy (non-hydrogen) atoms. The van der Waals surface area contributed by atoms with Crippen molar-refractivity contribution in [3.8, 4) is 11.1 Å². The lowest BCUT2D eigenvalue weighted by Crippen LogP contribution is -2.28. The molecule has 0 amide bonds. The van der Waals surface area contributed by atoms with Gasteiger partial charge in [-0.05, 0) is 61.6 Å². The summed E-state index contributed by atoms with van der Waals surface area (Å²) >= 11 is 0. The maximum Gasteiger partial charge on any atom is 0.0341 e. The Kier molecular flexibility index (Phi) is 19.0. The summed E-state index contributed by atoms with van der Waals surface area (Å²) in [6.07, 6.45) is 0. The highest BCUT2D eigenvalue weighted by molar-refractivity contribution is 5.86. The standard InChI is InChI=1S/C24H38N4.3ClH/c1-5-27(6-2)19-17-25-23-13-9-21(10-14-23)22-11-15-24(16-12-22)26-18-20-28(7-3)8-4;;;/h9-16,25-26H,5-8,17-20H2,1-4H3;3*1H. The van der Waals surface area contributed by atoms with Gasteiger partial charge in [0, 0.05) is 37.6 Å². The lowest BCUT2D eigenvalue weighted by Gasteiger charge is -2.18. The molecule has 0 atom stereocenters. The number of hydrogen-bond donors (Lipinski definition) is 2. The van der Waals surface area contributed by atoms with Crippen LogP contribution in [0.1, 0.15) is 27.7 Å². The van der Waals surface area contributed by atoms with E-state index in [0.717, 1.165) is 52.4 Å². The predicted octanol–water partition coefficient (Wildman–Crippen LogP) is 6.13. The van der Waals surface area contributed by atoms with E-state index >= 15 is 0 Å². The highest BCUT2D eigenvalue weighted by Crippen LogP contribution is 2.23. The van der Waals surface area contributed by atoms with Gasteiger partial charge in [-0.3, -0.25) is 0 Å². The minimum Gasteiger partial charge on any atom is -0.384 e. The molecule has 0 heterocycles. The highest BCUT2D eigenvalue weighted by Gasteiger charge is 2.02.